The van der Waals surface area contributed by atoms with Gasteiger partial charge in [-0.15, -0.1) is 23.1 Å². The molecule has 11 nitrogen and oxygen atoms in total. The van der Waals surface area contributed by atoms with Crippen molar-refractivity contribution in [3.63, 3.8) is 0 Å². The first-order chi connectivity index (χ1) is 16.8. The van der Waals surface area contributed by atoms with Crippen LogP contribution in [0.25, 0.3) is 16.1 Å². The fourth-order valence-corrected chi connectivity index (χ4v) is 6.85. The SMILES string of the molecule is CSc1c(C2CC3CCC(C2)N3C(=O)C(N)=NC=N)nc2c(-c3cnc(C(C)O)s3)cnn2c1N. The third kappa shape index (κ3) is 3.96. The van der Waals surface area contributed by atoms with Crippen molar-refractivity contribution in [3.05, 3.63) is 23.1 Å². The van der Waals surface area contributed by atoms with E-state index in [4.69, 9.17) is 21.9 Å². The number of aliphatic hydroxyl groups is 1. The Morgan fingerprint density at radius 1 is 1.37 bits per heavy atom. The summed E-state index contributed by atoms with van der Waals surface area (Å²) in [6.45, 7) is 1.69. The average molecular weight is 514 g/mol. The lowest BCUT2D eigenvalue weighted by Crippen LogP contribution is -2.50. The molecule has 0 spiro atoms. The molecule has 2 fully saturated rings. The summed E-state index contributed by atoms with van der Waals surface area (Å²) in [6, 6.07) is 0.0818. The van der Waals surface area contributed by atoms with E-state index >= 15 is 0 Å². The molecule has 13 heteroatoms. The largest absolute Gasteiger partial charge is 0.386 e. The lowest BCUT2D eigenvalue weighted by Gasteiger charge is -2.39. The van der Waals surface area contributed by atoms with Gasteiger partial charge < -0.3 is 21.5 Å². The predicted octanol–water partition coefficient (Wildman–Crippen LogP) is 2.41. The molecule has 3 aromatic rings. The van der Waals surface area contributed by atoms with Crippen LogP contribution in [0.2, 0.25) is 0 Å². The number of rotatable bonds is 5. The van der Waals surface area contributed by atoms with Gasteiger partial charge in [0.05, 0.1) is 27.2 Å². The zero-order valence-electron chi connectivity index (χ0n) is 19.4. The number of amides is 1. The summed E-state index contributed by atoms with van der Waals surface area (Å²) in [5, 5.41) is 22.1. The number of hydrogen-bond acceptors (Lipinski definition) is 9. The van der Waals surface area contributed by atoms with Gasteiger partial charge in [-0.05, 0) is 38.9 Å². The highest BCUT2D eigenvalue weighted by Gasteiger charge is 2.45. The number of carbonyl (C=O) groups excluding carboxylic acids is 1. The molecule has 0 aromatic carbocycles. The van der Waals surface area contributed by atoms with E-state index in [0.29, 0.717) is 16.5 Å². The fraction of sp³-hybridized carbons (Fsp3) is 0.455. The van der Waals surface area contributed by atoms with Crippen molar-refractivity contribution in [2.24, 2.45) is 10.7 Å². The second-order valence-corrected chi connectivity index (χ2v) is 10.7. The summed E-state index contributed by atoms with van der Waals surface area (Å²) >= 11 is 2.96. The molecule has 0 aliphatic carbocycles. The topological polar surface area (TPSA) is 172 Å². The second kappa shape index (κ2) is 9.21. The van der Waals surface area contributed by atoms with E-state index < -0.39 is 6.10 Å². The molecule has 2 aliphatic rings. The first kappa shape index (κ1) is 23.7. The molecule has 3 aromatic heterocycles. The zero-order chi connectivity index (χ0) is 24.9. The smallest absolute Gasteiger partial charge is 0.289 e. The number of thiazole rings is 1. The van der Waals surface area contributed by atoms with E-state index in [1.807, 2.05) is 11.2 Å². The molecular weight excluding hydrogens is 486 g/mol. The number of amidine groups is 1. The number of aliphatic imine (C=N–C) groups is 1. The minimum absolute atomic E-state index is 0.0409. The van der Waals surface area contributed by atoms with Gasteiger partial charge in [0.15, 0.2) is 11.5 Å². The molecule has 2 bridgehead atoms. The quantitative estimate of drug-likeness (QED) is 0.229. The number of anilines is 1. The number of fused-ring (bicyclic) bond motifs is 3. The average Bonchev–Trinajstić information content (AvgIpc) is 3.54. The zero-order valence-corrected chi connectivity index (χ0v) is 21.0. The third-order valence-corrected chi connectivity index (χ3v) is 8.82. The maximum atomic E-state index is 12.9. The van der Waals surface area contributed by atoms with E-state index in [1.54, 1.807) is 35.6 Å². The summed E-state index contributed by atoms with van der Waals surface area (Å²) in [5.41, 5.74) is 14.8. The fourth-order valence-electron chi connectivity index (χ4n) is 5.27. The molecule has 184 valence electrons. The van der Waals surface area contributed by atoms with Gasteiger partial charge in [-0.1, -0.05) is 0 Å². The van der Waals surface area contributed by atoms with Crippen LogP contribution >= 0.6 is 23.1 Å². The number of carbonyl (C=O) groups is 1. The first-order valence-corrected chi connectivity index (χ1v) is 13.4. The number of piperidine rings is 1. The molecule has 0 radical (unpaired) electrons. The molecule has 2 saturated heterocycles. The Balaban J connectivity index is 1.53. The van der Waals surface area contributed by atoms with Crippen molar-refractivity contribution >= 4 is 52.6 Å². The normalized spacial score (nSPS) is 23.1. The van der Waals surface area contributed by atoms with Gasteiger partial charge >= 0.3 is 0 Å². The van der Waals surface area contributed by atoms with Crippen molar-refractivity contribution in [2.75, 3.05) is 12.0 Å². The van der Waals surface area contributed by atoms with Gasteiger partial charge in [0.2, 0.25) is 0 Å². The number of nitrogens with one attached hydrogen (secondary N) is 1. The first-order valence-electron chi connectivity index (χ1n) is 11.3. The second-order valence-electron chi connectivity index (χ2n) is 8.86. The van der Waals surface area contributed by atoms with Crippen LogP contribution in [0.1, 0.15) is 55.3 Å². The molecule has 1 amide bonds. The lowest BCUT2D eigenvalue weighted by atomic mass is 9.87. The van der Waals surface area contributed by atoms with Crippen molar-refractivity contribution in [3.8, 4) is 10.4 Å². The minimum Gasteiger partial charge on any atom is -0.386 e. The molecule has 6 N–H and O–H groups in total. The van der Waals surface area contributed by atoms with Gasteiger partial charge in [0.1, 0.15) is 23.3 Å². The van der Waals surface area contributed by atoms with E-state index in [9.17, 15) is 9.90 Å². The van der Waals surface area contributed by atoms with Crippen LogP contribution in [0.15, 0.2) is 22.3 Å². The highest BCUT2D eigenvalue weighted by Crippen LogP contribution is 2.46. The Morgan fingerprint density at radius 3 is 2.69 bits per heavy atom. The summed E-state index contributed by atoms with van der Waals surface area (Å²) < 4.78 is 1.66. The van der Waals surface area contributed by atoms with Gasteiger partial charge in [-0.25, -0.2) is 15.0 Å². The molecular formula is C22H27N9O2S2. The van der Waals surface area contributed by atoms with Crippen LogP contribution in [0.5, 0.6) is 0 Å². The molecule has 2 aliphatic heterocycles. The maximum absolute atomic E-state index is 12.9. The number of thioether (sulfide) groups is 1. The summed E-state index contributed by atoms with van der Waals surface area (Å²) in [4.78, 5) is 29.6. The predicted molar refractivity (Wildman–Crippen MR) is 137 cm³/mol. The van der Waals surface area contributed by atoms with Crippen molar-refractivity contribution in [1.82, 2.24) is 24.5 Å². The van der Waals surface area contributed by atoms with E-state index in [0.717, 1.165) is 53.1 Å². The van der Waals surface area contributed by atoms with E-state index in [2.05, 4.69) is 15.1 Å². The van der Waals surface area contributed by atoms with Gasteiger partial charge in [-0.2, -0.15) is 9.61 Å². The molecule has 0 saturated carbocycles. The highest BCUT2D eigenvalue weighted by molar-refractivity contribution is 7.98. The number of nitrogens with zero attached hydrogens (tertiary/aromatic N) is 6. The van der Waals surface area contributed by atoms with Crippen LogP contribution in [0.3, 0.4) is 0 Å². The Labute approximate surface area is 210 Å². The molecule has 3 atom stereocenters. The monoisotopic (exact) mass is 513 g/mol. The van der Waals surface area contributed by atoms with Crippen LogP contribution in [-0.4, -0.2) is 66.0 Å². The van der Waals surface area contributed by atoms with Crippen molar-refractivity contribution < 1.29 is 9.90 Å². The van der Waals surface area contributed by atoms with E-state index in [-0.39, 0.29) is 29.7 Å². The van der Waals surface area contributed by atoms with Gasteiger partial charge in [0.25, 0.3) is 5.91 Å². The number of hydrogen-bond donors (Lipinski definition) is 4. The number of nitrogens with two attached hydrogens (primary N) is 2. The summed E-state index contributed by atoms with van der Waals surface area (Å²) in [5.74, 6) is 0.222. The standard InChI is InChI=1S/C22H27N9O2S2/c1-10(32)21-26-8-15(35-21)14-7-28-31-19(25)17(34-2)16(29-20(14)31)11-5-12-3-4-13(6-11)30(12)22(33)18(24)27-9-23/h7-13,32H,3-6,25H2,1-2H3,(H3,23,24,27). The number of aromatic nitrogens is 4. The minimum atomic E-state index is -0.645. The molecule has 35 heavy (non-hydrogen) atoms. The number of aliphatic hydroxyl groups excluding tert-OH is 1. The van der Waals surface area contributed by atoms with Crippen molar-refractivity contribution in [1.29, 1.82) is 5.41 Å². The Hall–Kier alpha value is -3.03. The third-order valence-electron chi connectivity index (χ3n) is 6.79. The maximum Gasteiger partial charge on any atom is 0.289 e. The van der Waals surface area contributed by atoms with Crippen LogP contribution in [0, 0.1) is 5.41 Å². The molecule has 5 heterocycles. The lowest BCUT2D eigenvalue weighted by molar-refractivity contribution is -0.128. The van der Waals surface area contributed by atoms with Crippen molar-refractivity contribution in [2.45, 2.75) is 61.6 Å². The molecule has 3 unspecified atom stereocenters. The Morgan fingerprint density at radius 2 is 2.09 bits per heavy atom. The van der Waals surface area contributed by atoms with E-state index in [1.165, 1.54) is 11.3 Å². The Bertz CT molecular complexity index is 1320. The van der Waals surface area contributed by atoms with Crippen LogP contribution in [0.4, 0.5) is 5.82 Å². The van der Waals surface area contributed by atoms with Crippen LogP contribution in [-0.2, 0) is 4.79 Å². The van der Waals surface area contributed by atoms with Gasteiger partial charge in [0, 0.05) is 24.2 Å². The molecule has 5 rings (SSSR count). The van der Waals surface area contributed by atoms with Crippen LogP contribution < -0.4 is 11.5 Å². The summed E-state index contributed by atoms with van der Waals surface area (Å²) in [6.07, 6.45) is 8.91. The summed E-state index contributed by atoms with van der Waals surface area (Å²) in [7, 11) is 0. The Kier molecular flexibility index (Phi) is 6.23. The highest BCUT2D eigenvalue weighted by atomic mass is 32.2. The number of nitrogen functional groups attached to an aromatic ring is 1. The van der Waals surface area contributed by atoms with Gasteiger partial charge in [-0.3, -0.25) is 10.2 Å².